The molecule has 0 fully saturated rings. The molecule has 334 valence electrons. The van der Waals surface area contributed by atoms with E-state index in [9.17, 15) is 5.26 Å². The van der Waals surface area contributed by atoms with Gasteiger partial charge >= 0.3 is 0 Å². The second-order valence-corrected chi connectivity index (χ2v) is 18.3. The van der Waals surface area contributed by atoms with Gasteiger partial charge in [0.05, 0.1) is 66.8 Å². The number of hydrogen-bond acceptors (Lipinski definition) is 4. The number of hydrogen-bond donors (Lipinski definition) is 0. The minimum Gasteiger partial charge on any atom is -0.455 e. The van der Waals surface area contributed by atoms with Crippen molar-refractivity contribution in [1.82, 2.24) is 23.7 Å². The summed E-state index contributed by atoms with van der Waals surface area (Å²) >= 11 is 0. The third-order valence-electron chi connectivity index (χ3n) is 14.5. The van der Waals surface area contributed by atoms with Crippen LogP contribution in [0.4, 0.5) is 0 Å². The van der Waals surface area contributed by atoms with Gasteiger partial charge in [-0.25, -0.2) is 9.97 Å². The molecule has 0 saturated heterocycles. The zero-order valence-electron chi connectivity index (χ0n) is 38.5. The van der Waals surface area contributed by atoms with Crippen LogP contribution in [0.25, 0.3) is 138 Å². The minimum atomic E-state index is 0.415. The van der Waals surface area contributed by atoms with Crippen LogP contribution in [-0.4, -0.2) is 23.7 Å². The Balaban J connectivity index is 1.11. The fraction of sp³-hybridized carbons (Fsp3) is 0. The first-order valence-corrected chi connectivity index (χ1v) is 24.1. The van der Waals surface area contributed by atoms with E-state index in [1.807, 2.05) is 72.8 Å². The summed E-state index contributed by atoms with van der Waals surface area (Å²) in [5.41, 5.74) is 15.1. The highest BCUT2D eigenvalue weighted by Gasteiger charge is 2.29. The largest absolute Gasteiger partial charge is 0.455 e. The van der Waals surface area contributed by atoms with Crippen LogP contribution in [0.3, 0.4) is 0 Å². The molecule has 7 nitrogen and oxygen atoms in total. The predicted octanol–water partition coefficient (Wildman–Crippen LogP) is 16.5. The summed E-state index contributed by atoms with van der Waals surface area (Å²) in [6.07, 6.45) is 0. The van der Waals surface area contributed by atoms with E-state index < -0.39 is 0 Å². The Hall–Kier alpha value is -10.0. The molecule has 0 bridgehead atoms. The molecule has 0 saturated carbocycles. The van der Waals surface area contributed by atoms with Gasteiger partial charge in [-0.05, 0) is 60.7 Å². The maximum absolute atomic E-state index is 10.8. The lowest BCUT2D eigenvalue weighted by molar-refractivity contribution is 0.669. The van der Waals surface area contributed by atoms with Crippen LogP contribution in [0.2, 0.25) is 0 Å². The van der Waals surface area contributed by atoms with E-state index in [-0.39, 0.29) is 0 Å². The van der Waals surface area contributed by atoms with Gasteiger partial charge in [-0.1, -0.05) is 170 Å². The summed E-state index contributed by atoms with van der Waals surface area (Å²) in [5.74, 6) is 0.466. The minimum absolute atomic E-state index is 0.415. The average molecular weight is 919 g/mol. The van der Waals surface area contributed by atoms with E-state index in [4.69, 9.17) is 14.4 Å². The standard InChI is InChI=1S/C65H38N6O/c66-39-50-60(40-20-4-1-5-21-40)67-65(68-61(50)41-22-6-2-7-23-41)48-36-37-55(58-47-30-14-19-35-57(47)72-64(48)58)71-53-33-17-12-28-45(53)49-38-56(70-51-31-15-10-26-43(51)44-27-11-16-32-52(44)70)63-59(62(49)71)46-29-13-18-34-54(46)69(63)42-24-8-3-9-25-42/h1-38H. The molecule has 10 aromatic carbocycles. The number of nitriles is 1. The third kappa shape index (κ3) is 5.66. The van der Waals surface area contributed by atoms with Crippen molar-refractivity contribution in [3.8, 4) is 57.0 Å². The third-order valence-corrected chi connectivity index (χ3v) is 14.5. The molecule has 0 atom stereocenters. The van der Waals surface area contributed by atoms with Crippen molar-refractivity contribution in [1.29, 1.82) is 5.26 Å². The quantitative estimate of drug-likeness (QED) is 0.166. The number of aromatic nitrogens is 5. The van der Waals surface area contributed by atoms with Crippen LogP contribution >= 0.6 is 0 Å². The van der Waals surface area contributed by atoms with Crippen molar-refractivity contribution in [3.05, 3.63) is 236 Å². The molecular weight excluding hydrogens is 881 g/mol. The number of para-hydroxylation sites is 6. The first-order chi connectivity index (χ1) is 35.7. The van der Waals surface area contributed by atoms with Crippen molar-refractivity contribution in [2.24, 2.45) is 0 Å². The molecule has 0 radical (unpaired) electrons. The Bertz CT molecular complexity index is 4630. The van der Waals surface area contributed by atoms with Crippen molar-refractivity contribution in [2.75, 3.05) is 0 Å². The predicted molar refractivity (Wildman–Crippen MR) is 293 cm³/mol. The Kier molecular flexibility index (Phi) is 8.59. The number of rotatable bonds is 6. The van der Waals surface area contributed by atoms with Gasteiger partial charge < -0.3 is 18.1 Å². The SMILES string of the molecule is N#Cc1c(-c2ccccc2)nc(-c2ccc(-n3c4ccccc4c4cc(-n5c6ccccc6c6ccccc65)c5c(c6ccccc6n5-c5ccccc5)c43)c3c2oc2ccccc23)nc1-c1ccccc1. The first kappa shape index (κ1) is 39.9. The van der Waals surface area contributed by atoms with Crippen LogP contribution in [0.5, 0.6) is 0 Å². The first-order valence-electron chi connectivity index (χ1n) is 24.1. The fourth-order valence-electron chi connectivity index (χ4n) is 11.5. The molecule has 0 N–H and O–H groups in total. The van der Waals surface area contributed by atoms with Gasteiger partial charge in [0.15, 0.2) is 5.82 Å². The summed E-state index contributed by atoms with van der Waals surface area (Å²) in [5, 5.41) is 19.7. The fourth-order valence-corrected chi connectivity index (χ4v) is 11.5. The van der Waals surface area contributed by atoms with Gasteiger partial charge in [0.1, 0.15) is 22.8 Å². The maximum atomic E-state index is 10.8. The second-order valence-electron chi connectivity index (χ2n) is 18.3. The molecule has 0 aliphatic carbocycles. The molecular formula is C65H38N6O. The van der Waals surface area contributed by atoms with E-state index in [1.165, 1.54) is 10.8 Å². The molecule has 5 heterocycles. The number of nitrogens with zero attached hydrogens (tertiary/aromatic N) is 6. The average Bonchev–Trinajstić information content (AvgIpc) is 4.21. The lowest BCUT2D eigenvalue weighted by Crippen LogP contribution is -2.03. The molecule has 0 amide bonds. The van der Waals surface area contributed by atoms with Crippen LogP contribution < -0.4 is 0 Å². The van der Waals surface area contributed by atoms with E-state index in [0.29, 0.717) is 28.4 Å². The lowest BCUT2D eigenvalue weighted by atomic mass is 9.99. The smallest absolute Gasteiger partial charge is 0.164 e. The van der Waals surface area contributed by atoms with Crippen LogP contribution in [0.15, 0.2) is 235 Å². The zero-order chi connectivity index (χ0) is 47.4. The van der Waals surface area contributed by atoms with Crippen LogP contribution in [0.1, 0.15) is 5.56 Å². The Morgan fingerprint density at radius 1 is 0.389 bits per heavy atom. The van der Waals surface area contributed by atoms with Crippen molar-refractivity contribution >= 4 is 87.4 Å². The van der Waals surface area contributed by atoms with Gasteiger partial charge in [-0.3, -0.25) is 0 Å². The van der Waals surface area contributed by atoms with Crippen LogP contribution in [0, 0.1) is 11.3 Å². The Morgan fingerprint density at radius 2 is 0.875 bits per heavy atom. The second kappa shape index (κ2) is 15.5. The molecule has 15 rings (SSSR count). The summed E-state index contributed by atoms with van der Waals surface area (Å²) in [6, 6.07) is 83.1. The molecule has 15 aromatic rings. The highest BCUT2D eigenvalue weighted by atomic mass is 16.3. The van der Waals surface area contributed by atoms with Gasteiger partial charge in [0, 0.05) is 54.5 Å². The number of furan rings is 1. The molecule has 0 spiro atoms. The molecule has 72 heavy (non-hydrogen) atoms. The Morgan fingerprint density at radius 3 is 1.47 bits per heavy atom. The Labute approximate surface area is 411 Å². The number of fused-ring (bicyclic) bond motifs is 13. The zero-order valence-corrected chi connectivity index (χ0v) is 38.5. The topological polar surface area (TPSA) is 77.5 Å². The summed E-state index contributed by atoms with van der Waals surface area (Å²) in [7, 11) is 0. The van der Waals surface area contributed by atoms with Gasteiger partial charge in [-0.15, -0.1) is 0 Å². The summed E-state index contributed by atoms with van der Waals surface area (Å²) < 4.78 is 14.4. The van der Waals surface area contributed by atoms with E-state index in [2.05, 4.69) is 177 Å². The highest BCUT2D eigenvalue weighted by molar-refractivity contribution is 6.29. The van der Waals surface area contributed by atoms with Gasteiger partial charge in [-0.2, -0.15) is 5.26 Å². The van der Waals surface area contributed by atoms with Crippen molar-refractivity contribution < 1.29 is 4.42 Å². The van der Waals surface area contributed by atoms with Crippen molar-refractivity contribution in [3.63, 3.8) is 0 Å². The van der Waals surface area contributed by atoms with E-state index in [1.54, 1.807) is 0 Å². The molecule has 0 aliphatic rings. The van der Waals surface area contributed by atoms with E-state index >= 15 is 0 Å². The van der Waals surface area contributed by atoms with Gasteiger partial charge in [0.2, 0.25) is 0 Å². The molecule has 0 unspecified atom stereocenters. The van der Waals surface area contributed by atoms with Crippen LogP contribution in [-0.2, 0) is 0 Å². The van der Waals surface area contributed by atoms with E-state index in [0.717, 1.165) is 105 Å². The van der Waals surface area contributed by atoms with Gasteiger partial charge in [0.25, 0.3) is 0 Å². The summed E-state index contributed by atoms with van der Waals surface area (Å²) in [4.78, 5) is 10.5. The monoisotopic (exact) mass is 918 g/mol. The normalized spacial score (nSPS) is 11.9. The highest BCUT2D eigenvalue weighted by Crippen LogP contribution is 2.49. The molecule has 5 aromatic heterocycles. The van der Waals surface area contributed by atoms with Crippen molar-refractivity contribution in [2.45, 2.75) is 0 Å². The number of benzene rings is 10. The summed E-state index contributed by atoms with van der Waals surface area (Å²) in [6.45, 7) is 0. The maximum Gasteiger partial charge on any atom is 0.164 e. The lowest BCUT2D eigenvalue weighted by Gasteiger charge is -2.17. The molecule has 0 aliphatic heterocycles. The molecule has 7 heteroatoms.